The molecule has 18 heavy (non-hydrogen) atoms. The maximum atomic E-state index is 11.8. The molecule has 2 aliphatic carbocycles. The number of hydrogen-bond donors (Lipinski definition) is 1. The summed E-state index contributed by atoms with van der Waals surface area (Å²) in [5.41, 5.74) is -0.758. The first-order chi connectivity index (χ1) is 8.41. The van der Waals surface area contributed by atoms with Gasteiger partial charge in [0.15, 0.2) is 0 Å². The van der Waals surface area contributed by atoms with Crippen molar-refractivity contribution in [1.29, 1.82) is 0 Å². The van der Waals surface area contributed by atoms with Crippen molar-refractivity contribution in [3.63, 3.8) is 0 Å². The highest BCUT2D eigenvalue weighted by Crippen LogP contribution is 2.43. The van der Waals surface area contributed by atoms with E-state index in [1.54, 1.807) is 4.90 Å². The van der Waals surface area contributed by atoms with E-state index in [9.17, 15) is 14.7 Å². The Bertz CT molecular complexity index is 349. The molecule has 1 N–H and O–H groups in total. The third kappa shape index (κ3) is 2.38. The van der Waals surface area contributed by atoms with Crippen LogP contribution in [0.2, 0.25) is 0 Å². The lowest BCUT2D eigenvalue weighted by Crippen LogP contribution is -2.55. The zero-order valence-corrected chi connectivity index (χ0v) is 11.3. The summed E-state index contributed by atoms with van der Waals surface area (Å²) in [5.74, 6) is -0.820. The van der Waals surface area contributed by atoms with Gasteiger partial charge in [0.25, 0.3) is 0 Å². The van der Waals surface area contributed by atoms with Gasteiger partial charge in [-0.2, -0.15) is 0 Å². The Labute approximate surface area is 108 Å². The highest BCUT2D eigenvalue weighted by Gasteiger charge is 2.50. The molecular weight excluding hydrogens is 230 g/mol. The maximum Gasteiger partial charge on any atom is 0.329 e. The fraction of sp³-hybridized carbons (Fsp3) is 0.857. The summed E-state index contributed by atoms with van der Waals surface area (Å²) in [6, 6.07) is 0.166. The number of carbonyl (C=O) groups excluding carboxylic acids is 1. The van der Waals surface area contributed by atoms with Crippen LogP contribution in [0, 0.1) is 5.41 Å². The molecule has 0 aliphatic heterocycles. The summed E-state index contributed by atoms with van der Waals surface area (Å²) < 4.78 is 0. The number of nitrogens with zero attached hydrogens (tertiary/aromatic N) is 1. The van der Waals surface area contributed by atoms with Gasteiger partial charge in [-0.3, -0.25) is 4.79 Å². The largest absolute Gasteiger partial charge is 0.479 e. The minimum absolute atomic E-state index is 0.166. The topological polar surface area (TPSA) is 57.6 Å². The third-order valence-electron chi connectivity index (χ3n) is 4.61. The van der Waals surface area contributed by atoms with Crippen LogP contribution < -0.4 is 0 Å². The molecular formula is C14H23NO3. The molecule has 4 nitrogen and oxygen atoms in total. The molecule has 2 aliphatic rings. The van der Waals surface area contributed by atoms with E-state index < -0.39 is 11.5 Å². The second-order valence-electron chi connectivity index (χ2n) is 6.60. The van der Waals surface area contributed by atoms with Crippen molar-refractivity contribution < 1.29 is 14.7 Å². The number of amides is 1. The molecule has 1 atom stereocenters. The van der Waals surface area contributed by atoms with Crippen molar-refractivity contribution in [2.24, 2.45) is 5.41 Å². The normalized spacial score (nSPS) is 31.4. The van der Waals surface area contributed by atoms with Gasteiger partial charge in [0.1, 0.15) is 5.54 Å². The summed E-state index contributed by atoms with van der Waals surface area (Å²) in [4.78, 5) is 24.7. The van der Waals surface area contributed by atoms with Crippen LogP contribution in [0.3, 0.4) is 0 Å². The number of aliphatic carboxylic acids is 1. The molecule has 0 radical (unpaired) electrons. The second kappa shape index (κ2) is 4.56. The minimum atomic E-state index is -0.948. The summed E-state index contributed by atoms with van der Waals surface area (Å²) >= 11 is 0. The smallest absolute Gasteiger partial charge is 0.329 e. The summed E-state index contributed by atoms with van der Waals surface area (Å²) in [6.07, 6.45) is 6.66. The van der Waals surface area contributed by atoms with E-state index in [2.05, 4.69) is 13.8 Å². The predicted octanol–water partition coefficient (Wildman–Crippen LogP) is 2.42. The monoisotopic (exact) mass is 253 g/mol. The predicted molar refractivity (Wildman–Crippen MR) is 68.2 cm³/mol. The summed E-state index contributed by atoms with van der Waals surface area (Å²) in [7, 11) is 0. The third-order valence-corrected chi connectivity index (χ3v) is 4.61. The zero-order valence-electron chi connectivity index (χ0n) is 11.3. The highest BCUT2D eigenvalue weighted by molar-refractivity contribution is 5.81. The van der Waals surface area contributed by atoms with E-state index in [1.807, 2.05) is 0 Å². The molecule has 2 saturated carbocycles. The van der Waals surface area contributed by atoms with Crippen LogP contribution >= 0.6 is 0 Å². The van der Waals surface area contributed by atoms with Gasteiger partial charge in [0.05, 0.1) is 0 Å². The van der Waals surface area contributed by atoms with Crippen LogP contribution in [-0.2, 0) is 9.59 Å². The van der Waals surface area contributed by atoms with Crippen molar-refractivity contribution >= 4 is 12.4 Å². The van der Waals surface area contributed by atoms with E-state index >= 15 is 0 Å². The Morgan fingerprint density at radius 1 is 1.22 bits per heavy atom. The lowest BCUT2D eigenvalue weighted by Gasteiger charge is -2.38. The van der Waals surface area contributed by atoms with Crippen LogP contribution in [0.5, 0.6) is 0 Å². The number of carboxylic acids is 1. The van der Waals surface area contributed by atoms with Crippen LogP contribution in [0.15, 0.2) is 0 Å². The summed E-state index contributed by atoms with van der Waals surface area (Å²) in [6.45, 7) is 4.38. The zero-order chi connectivity index (χ0) is 13.4. The van der Waals surface area contributed by atoms with E-state index in [1.165, 1.54) is 0 Å². The molecule has 2 rings (SSSR count). The lowest BCUT2D eigenvalue weighted by molar-refractivity contribution is -0.157. The SMILES string of the molecule is CC1(C)CCCC(C(=O)O)(N(C=O)C2CC2)CC1. The first-order valence-electron chi connectivity index (χ1n) is 6.88. The average Bonchev–Trinajstić information content (AvgIpc) is 3.09. The van der Waals surface area contributed by atoms with Gasteiger partial charge in [-0.1, -0.05) is 13.8 Å². The molecule has 4 heteroatoms. The molecule has 0 aromatic carbocycles. The van der Waals surface area contributed by atoms with E-state index in [4.69, 9.17) is 0 Å². The Hall–Kier alpha value is -1.06. The minimum Gasteiger partial charge on any atom is -0.479 e. The Kier molecular flexibility index (Phi) is 3.39. The quantitative estimate of drug-likeness (QED) is 0.618. The van der Waals surface area contributed by atoms with Crippen molar-refractivity contribution in [3.05, 3.63) is 0 Å². The average molecular weight is 253 g/mol. The van der Waals surface area contributed by atoms with Gasteiger partial charge in [-0.05, 0) is 50.4 Å². The van der Waals surface area contributed by atoms with Gasteiger partial charge < -0.3 is 10.0 Å². The molecule has 2 fully saturated rings. The number of carbonyl (C=O) groups is 2. The lowest BCUT2D eigenvalue weighted by atomic mass is 9.83. The Morgan fingerprint density at radius 3 is 2.39 bits per heavy atom. The van der Waals surface area contributed by atoms with Crippen LogP contribution in [0.4, 0.5) is 0 Å². The van der Waals surface area contributed by atoms with Crippen LogP contribution in [0.25, 0.3) is 0 Å². The fourth-order valence-electron chi connectivity index (χ4n) is 3.13. The second-order valence-corrected chi connectivity index (χ2v) is 6.60. The standard InChI is InChI=1S/C14H23NO3/c1-13(2)6-3-7-14(9-8-13,12(17)18)15(10-16)11-4-5-11/h10-11H,3-9H2,1-2H3,(H,17,18). The molecule has 1 amide bonds. The van der Waals surface area contributed by atoms with Crippen molar-refractivity contribution in [1.82, 2.24) is 4.90 Å². The fourth-order valence-corrected chi connectivity index (χ4v) is 3.13. The number of carboxylic acid groups (broad SMARTS) is 1. The van der Waals surface area contributed by atoms with E-state index in [-0.39, 0.29) is 11.5 Å². The summed E-state index contributed by atoms with van der Waals surface area (Å²) in [5, 5.41) is 9.66. The Morgan fingerprint density at radius 2 is 1.89 bits per heavy atom. The van der Waals surface area contributed by atoms with Gasteiger partial charge >= 0.3 is 5.97 Å². The van der Waals surface area contributed by atoms with Gasteiger partial charge in [-0.15, -0.1) is 0 Å². The molecule has 0 spiro atoms. The molecule has 0 bridgehead atoms. The first kappa shape index (κ1) is 13.4. The first-order valence-corrected chi connectivity index (χ1v) is 6.88. The molecule has 102 valence electrons. The molecule has 0 heterocycles. The Balaban J connectivity index is 2.25. The van der Waals surface area contributed by atoms with Crippen LogP contribution in [0.1, 0.15) is 58.8 Å². The highest BCUT2D eigenvalue weighted by atomic mass is 16.4. The molecule has 0 aromatic heterocycles. The van der Waals surface area contributed by atoms with Crippen LogP contribution in [-0.4, -0.2) is 34.0 Å². The molecule has 1 unspecified atom stereocenters. The number of hydrogen-bond acceptors (Lipinski definition) is 2. The van der Waals surface area contributed by atoms with Gasteiger partial charge in [0.2, 0.25) is 6.41 Å². The van der Waals surface area contributed by atoms with Crippen molar-refractivity contribution in [2.45, 2.75) is 70.4 Å². The van der Waals surface area contributed by atoms with Crippen molar-refractivity contribution in [3.8, 4) is 0 Å². The van der Waals surface area contributed by atoms with Gasteiger partial charge in [0, 0.05) is 6.04 Å². The van der Waals surface area contributed by atoms with Crippen molar-refractivity contribution in [2.75, 3.05) is 0 Å². The van der Waals surface area contributed by atoms with Gasteiger partial charge in [-0.25, -0.2) is 4.79 Å². The van der Waals surface area contributed by atoms with E-state index in [0.717, 1.165) is 38.5 Å². The number of rotatable bonds is 4. The van der Waals surface area contributed by atoms with E-state index in [0.29, 0.717) is 12.8 Å². The maximum absolute atomic E-state index is 11.8. The molecule has 0 aromatic rings. The molecule has 0 saturated heterocycles.